The molecule has 1 fully saturated rings. The molecule has 2 nitrogen and oxygen atoms in total. The van der Waals surface area contributed by atoms with Crippen molar-refractivity contribution in [2.75, 3.05) is 24.5 Å². The van der Waals surface area contributed by atoms with Crippen LogP contribution in [0.2, 0.25) is 0 Å². The largest absolute Gasteiger partial charge is 0.368 e. The van der Waals surface area contributed by atoms with Crippen LogP contribution in [0.3, 0.4) is 0 Å². The maximum absolute atomic E-state index is 13.4. The minimum Gasteiger partial charge on any atom is -0.368 e. The summed E-state index contributed by atoms with van der Waals surface area (Å²) in [6, 6.07) is 5.79. The van der Waals surface area contributed by atoms with Gasteiger partial charge in [-0.25, -0.2) is 4.39 Å². The Bertz CT molecular complexity index is 419. The number of fused-ring (bicyclic) bond motifs is 1. The molecule has 0 saturated carbocycles. The van der Waals surface area contributed by atoms with Gasteiger partial charge in [-0.2, -0.15) is 0 Å². The van der Waals surface area contributed by atoms with Gasteiger partial charge >= 0.3 is 0 Å². The molecule has 3 rings (SSSR count). The molecular formula is C14H19FN2. The summed E-state index contributed by atoms with van der Waals surface area (Å²) in [6.45, 7) is 5.49. The summed E-state index contributed by atoms with van der Waals surface area (Å²) >= 11 is 0. The predicted molar refractivity (Wildman–Crippen MR) is 67.9 cm³/mol. The van der Waals surface area contributed by atoms with Gasteiger partial charge in [0.2, 0.25) is 0 Å². The first-order valence-corrected chi connectivity index (χ1v) is 6.51. The molecule has 0 radical (unpaired) electrons. The molecule has 0 spiro atoms. The quantitative estimate of drug-likeness (QED) is 0.801. The monoisotopic (exact) mass is 234 g/mol. The molecule has 3 heteroatoms. The fourth-order valence-corrected chi connectivity index (χ4v) is 3.18. The Morgan fingerprint density at radius 3 is 3.12 bits per heavy atom. The average Bonchev–Trinajstić information content (AvgIpc) is 2.72. The zero-order valence-corrected chi connectivity index (χ0v) is 10.2. The molecule has 0 bridgehead atoms. The summed E-state index contributed by atoms with van der Waals surface area (Å²) in [6.07, 6.45) is 2.23. The predicted octanol–water partition coefficient (Wildman–Crippen LogP) is 2.19. The second kappa shape index (κ2) is 4.30. The van der Waals surface area contributed by atoms with Crippen LogP contribution >= 0.6 is 0 Å². The van der Waals surface area contributed by atoms with Gasteiger partial charge in [0.25, 0.3) is 0 Å². The number of halogens is 1. The zero-order chi connectivity index (χ0) is 11.8. The molecule has 2 aliphatic rings. The SMILES string of the molecule is CC1CNCCC1N1CCc2ccc(F)cc21. The van der Waals surface area contributed by atoms with Gasteiger partial charge in [0.1, 0.15) is 5.82 Å². The van der Waals surface area contributed by atoms with E-state index in [9.17, 15) is 4.39 Å². The Morgan fingerprint density at radius 1 is 1.41 bits per heavy atom. The first-order valence-electron chi connectivity index (χ1n) is 6.51. The van der Waals surface area contributed by atoms with Crippen molar-refractivity contribution in [1.29, 1.82) is 0 Å². The molecule has 0 amide bonds. The summed E-state index contributed by atoms with van der Waals surface area (Å²) < 4.78 is 13.4. The van der Waals surface area contributed by atoms with Gasteiger partial charge in [-0.05, 0) is 49.5 Å². The van der Waals surface area contributed by atoms with E-state index in [2.05, 4.69) is 17.1 Å². The lowest BCUT2D eigenvalue weighted by Crippen LogP contribution is -2.48. The van der Waals surface area contributed by atoms with Crippen molar-refractivity contribution in [2.24, 2.45) is 5.92 Å². The Hall–Kier alpha value is -1.09. The molecule has 0 aromatic heterocycles. The normalized spacial score (nSPS) is 28.2. The Kier molecular flexibility index (Phi) is 2.79. The minimum absolute atomic E-state index is 0.114. The van der Waals surface area contributed by atoms with E-state index in [1.165, 1.54) is 5.56 Å². The Labute approximate surface area is 102 Å². The highest BCUT2D eigenvalue weighted by atomic mass is 19.1. The van der Waals surface area contributed by atoms with Gasteiger partial charge in [0.15, 0.2) is 0 Å². The van der Waals surface area contributed by atoms with Gasteiger partial charge < -0.3 is 10.2 Å². The number of hydrogen-bond donors (Lipinski definition) is 1. The highest BCUT2D eigenvalue weighted by Gasteiger charge is 2.31. The number of anilines is 1. The van der Waals surface area contributed by atoms with E-state index in [0.717, 1.165) is 38.2 Å². The molecule has 1 aromatic rings. The van der Waals surface area contributed by atoms with E-state index in [1.54, 1.807) is 12.1 Å². The van der Waals surface area contributed by atoms with Crippen LogP contribution in [0.4, 0.5) is 10.1 Å². The first kappa shape index (κ1) is 11.0. The standard InChI is InChI=1S/C14H19FN2/c1-10-9-16-6-4-13(10)17-7-5-11-2-3-12(15)8-14(11)17/h2-3,8,10,13,16H,4-7,9H2,1H3. The van der Waals surface area contributed by atoms with E-state index >= 15 is 0 Å². The van der Waals surface area contributed by atoms with Crippen molar-refractivity contribution in [3.05, 3.63) is 29.6 Å². The molecule has 0 aliphatic carbocycles. The van der Waals surface area contributed by atoms with Gasteiger partial charge in [-0.15, -0.1) is 0 Å². The van der Waals surface area contributed by atoms with E-state index in [1.807, 2.05) is 6.07 Å². The average molecular weight is 234 g/mol. The van der Waals surface area contributed by atoms with Crippen molar-refractivity contribution < 1.29 is 4.39 Å². The molecule has 92 valence electrons. The van der Waals surface area contributed by atoms with Crippen molar-refractivity contribution >= 4 is 5.69 Å². The number of benzene rings is 1. The lowest BCUT2D eigenvalue weighted by molar-refractivity contribution is 0.334. The van der Waals surface area contributed by atoms with Crippen LogP contribution in [0.1, 0.15) is 18.9 Å². The smallest absolute Gasteiger partial charge is 0.125 e. The molecule has 1 N–H and O–H groups in total. The topological polar surface area (TPSA) is 15.3 Å². The van der Waals surface area contributed by atoms with Crippen LogP contribution in [0.25, 0.3) is 0 Å². The minimum atomic E-state index is -0.114. The number of nitrogens with zero attached hydrogens (tertiary/aromatic N) is 1. The van der Waals surface area contributed by atoms with Crippen molar-refractivity contribution in [3.63, 3.8) is 0 Å². The van der Waals surface area contributed by atoms with E-state index < -0.39 is 0 Å². The molecule has 1 saturated heterocycles. The second-order valence-electron chi connectivity index (χ2n) is 5.25. The van der Waals surface area contributed by atoms with Crippen LogP contribution < -0.4 is 10.2 Å². The zero-order valence-electron chi connectivity index (χ0n) is 10.2. The highest BCUT2D eigenvalue weighted by molar-refractivity contribution is 5.59. The number of nitrogens with one attached hydrogen (secondary N) is 1. The van der Waals surface area contributed by atoms with Crippen LogP contribution in [0, 0.1) is 11.7 Å². The van der Waals surface area contributed by atoms with Crippen molar-refractivity contribution in [1.82, 2.24) is 5.32 Å². The van der Waals surface area contributed by atoms with Crippen LogP contribution in [-0.2, 0) is 6.42 Å². The van der Waals surface area contributed by atoms with Crippen molar-refractivity contribution in [2.45, 2.75) is 25.8 Å². The Balaban J connectivity index is 1.89. The third-order valence-corrected chi connectivity index (χ3v) is 4.12. The van der Waals surface area contributed by atoms with Gasteiger partial charge in [-0.1, -0.05) is 13.0 Å². The van der Waals surface area contributed by atoms with Gasteiger partial charge in [0.05, 0.1) is 0 Å². The highest BCUT2D eigenvalue weighted by Crippen LogP contribution is 2.33. The molecule has 17 heavy (non-hydrogen) atoms. The van der Waals surface area contributed by atoms with E-state index in [-0.39, 0.29) is 5.82 Å². The maximum Gasteiger partial charge on any atom is 0.125 e. The summed E-state index contributed by atoms with van der Waals surface area (Å²) in [4.78, 5) is 2.42. The number of rotatable bonds is 1. The lowest BCUT2D eigenvalue weighted by Gasteiger charge is -2.38. The number of hydrogen-bond acceptors (Lipinski definition) is 2. The van der Waals surface area contributed by atoms with Crippen molar-refractivity contribution in [3.8, 4) is 0 Å². The summed E-state index contributed by atoms with van der Waals surface area (Å²) in [5.74, 6) is 0.523. The van der Waals surface area contributed by atoms with E-state index in [0.29, 0.717) is 12.0 Å². The number of piperidine rings is 1. The van der Waals surface area contributed by atoms with E-state index in [4.69, 9.17) is 0 Å². The fourth-order valence-electron chi connectivity index (χ4n) is 3.18. The first-order chi connectivity index (χ1) is 8.25. The molecule has 2 atom stereocenters. The fraction of sp³-hybridized carbons (Fsp3) is 0.571. The van der Waals surface area contributed by atoms with Crippen LogP contribution in [-0.4, -0.2) is 25.7 Å². The van der Waals surface area contributed by atoms with Crippen LogP contribution in [0.15, 0.2) is 18.2 Å². The third kappa shape index (κ3) is 1.93. The molecular weight excluding hydrogens is 215 g/mol. The summed E-state index contributed by atoms with van der Waals surface area (Å²) in [5.41, 5.74) is 2.43. The molecule has 2 aliphatic heterocycles. The van der Waals surface area contributed by atoms with Gasteiger partial charge in [-0.3, -0.25) is 0 Å². The molecule has 2 unspecified atom stereocenters. The van der Waals surface area contributed by atoms with Crippen LogP contribution in [0.5, 0.6) is 0 Å². The summed E-state index contributed by atoms with van der Waals surface area (Å²) in [7, 11) is 0. The Morgan fingerprint density at radius 2 is 2.29 bits per heavy atom. The maximum atomic E-state index is 13.4. The third-order valence-electron chi connectivity index (χ3n) is 4.12. The summed E-state index contributed by atoms with van der Waals surface area (Å²) in [5, 5.41) is 3.42. The molecule has 2 heterocycles. The second-order valence-corrected chi connectivity index (χ2v) is 5.25. The van der Waals surface area contributed by atoms with Gasteiger partial charge in [0, 0.05) is 18.3 Å². The lowest BCUT2D eigenvalue weighted by atomic mass is 9.93. The molecule has 1 aromatic carbocycles.